The highest BCUT2D eigenvalue weighted by Gasteiger charge is 2.49. The lowest BCUT2D eigenvalue weighted by Crippen LogP contribution is -2.44. The number of rotatable bonds is 6. The first-order valence-corrected chi connectivity index (χ1v) is 13.0. The second kappa shape index (κ2) is 9.20. The molecule has 35 heavy (non-hydrogen) atoms. The van der Waals surface area contributed by atoms with Gasteiger partial charge < -0.3 is 4.90 Å². The third-order valence-electron chi connectivity index (χ3n) is 7.51. The first-order chi connectivity index (χ1) is 16.3. The molecule has 1 aliphatic heterocycles. The Labute approximate surface area is 212 Å². The van der Waals surface area contributed by atoms with Crippen LogP contribution in [-0.2, 0) is 9.59 Å². The van der Waals surface area contributed by atoms with Gasteiger partial charge in [0.1, 0.15) is 5.02 Å². The molecule has 0 amide bonds. The van der Waals surface area contributed by atoms with Crippen LogP contribution in [0.2, 0.25) is 5.02 Å². The van der Waals surface area contributed by atoms with Crippen LogP contribution in [0, 0.1) is 20.9 Å². The van der Waals surface area contributed by atoms with Gasteiger partial charge >= 0.3 is 0 Å². The molecule has 0 saturated heterocycles. The van der Waals surface area contributed by atoms with E-state index >= 15 is 0 Å². The highest BCUT2D eigenvalue weighted by atomic mass is 35.5. The number of nitro groups is 1. The van der Waals surface area contributed by atoms with E-state index in [1.165, 1.54) is 12.1 Å². The normalized spacial score (nSPS) is 21.8. The van der Waals surface area contributed by atoms with Gasteiger partial charge in [-0.15, -0.1) is 0 Å². The number of nitro benzene ring substituents is 1. The first kappa shape index (κ1) is 25.6. The Morgan fingerprint density at radius 3 is 2.00 bits per heavy atom. The lowest BCUT2D eigenvalue weighted by molar-refractivity contribution is -0.384. The van der Waals surface area contributed by atoms with Crippen molar-refractivity contribution in [3.05, 3.63) is 61.4 Å². The first-order valence-electron chi connectivity index (χ1n) is 12.6. The maximum atomic E-state index is 13.7. The number of carbonyl (C=O) groups is 2. The number of hydrogen-bond donors (Lipinski definition) is 0. The summed E-state index contributed by atoms with van der Waals surface area (Å²) in [6.07, 6.45) is 5.38. The van der Waals surface area contributed by atoms with Crippen molar-refractivity contribution in [2.24, 2.45) is 10.8 Å². The molecule has 0 aromatic heterocycles. The second-order valence-electron chi connectivity index (χ2n) is 11.9. The second-order valence-corrected chi connectivity index (χ2v) is 12.3. The highest BCUT2D eigenvalue weighted by molar-refractivity contribution is 6.32. The summed E-state index contributed by atoms with van der Waals surface area (Å²) in [6.45, 7) is 11.4. The van der Waals surface area contributed by atoms with Crippen LogP contribution in [0.5, 0.6) is 0 Å². The van der Waals surface area contributed by atoms with Gasteiger partial charge in [0.2, 0.25) is 0 Å². The van der Waals surface area contributed by atoms with Crippen LogP contribution >= 0.6 is 11.6 Å². The molecule has 0 unspecified atom stereocenters. The van der Waals surface area contributed by atoms with Gasteiger partial charge in [-0.3, -0.25) is 19.7 Å². The van der Waals surface area contributed by atoms with Gasteiger partial charge in [0.05, 0.1) is 4.92 Å². The molecule has 2 aliphatic carbocycles. The standard InChI is InChI=1S/C28H35ClN2O4/c1-6-7-8-11-30-20-13-27(2,3)15-22(32)25(20)24(17-9-10-18(29)19(12-17)31(34)35)26-21(30)14-28(4,5)16-23(26)33/h9-10,12,24H,6-8,11,13-16H2,1-5H3. The van der Waals surface area contributed by atoms with Gasteiger partial charge in [-0.1, -0.05) is 65.1 Å². The molecule has 0 radical (unpaired) electrons. The van der Waals surface area contributed by atoms with Crippen molar-refractivity contribution in [2.75, 3.05) is 6.54 Å². The summed E-state index contributed by atoms with van der Waals surface area (Å²) in [6, 6.07) is 4.70. The quantitative estimate of drug-likeness (QED) is 0.237. The molecule has 3 aliphatic rings. The predicted molar refractivity (Wildman–Crippen MR) is 137 cm³/mol. The van der Waals surface area contributed by atoms with Crippen LogP contribution < -0.4 is 0 Å². The fourth-order valence-electron chi connectivity index (χ4n) is 6.02. The lowest BCUT2D eigenvalue weighted by atomic mass is 9.63. The zero-order valence-corrected chi connectivity index (χ0v) is 22.1. The molecule has 4 rings (SSSR count). The zero-order chi connectivity index (χ0) is 25.7. The number of carbonyl (C=O) groups excluding carboxylic acids is 2. The third-order valence-corrected chi connectivity index (χ3v) is 7.83. The summed E-state index contributed by atoms with van der Waals surface area (Å²) < 4.78 is 0. The van der Waals surface area contributed by atoms with Gasteiger partial charge in [-0.2, -0.15) is 0 Å². The van der Waals surface area contributed by atoms with Crippen LogP contribution in [0.1, 0.15) is 91.0 Å². The van der Waals surface area contributed by atoms with E-state index in [1.807, 2.05) is 0 Å². The summed E-state index contributed by atoms with van der Waals surface area (Å²) in [4.78, 5) is 40.9. The minimum atomic E-state index is -0.592. The van der Waals surface area contributed by atoms with Crippen LogP contribution in [-0.4, -0.2) is 27.9 Å². The summed E-state index contributed by atoms with van der Waals surface area (Å²) in [5, 5.41) is 11.7. The number of halogens is 1. The van der Waals surface area contributed by atoms with Gasteiger partial charge in [-0.05, 0) is 41.7 Å². The maximum Gasteiger partial charge on any atom is 0.288 e. The molecule has 0 saturated carbocycles. The maximum absolute atomic E-state index is 13.7. The van der Waals surface area contributed by atoms with E-state index in [9.17, 15) is 19.7 Å². The summed E-state index contributed by atoms with van der Waals surface area (Å²) in [5.41, 5.74) is 3.28. The summed E-state index contributed by atoms with van der Waals surface area (Å²) in [7, 11) is 0. The summed E-state index contributed by atoms with van der Waals surface area (Å²) >= 11 is 6.12. The fraction of sp³-hybridized carbons (Fsp3) is 0.571. The van der Waals surface area contributed by atoms with E-state index in [-0.39, 0.29) is 33.1 Å². The molecular formula is C28H35ClN2O4. The molecule has 0 bridgehead atoms. The molecule has 0 N–H and O–H groups in total. The van der Waals surface area contributed by atoms with Crippen molar-refractivity contribution in [3.63, 3.8) is 0 Å². The van der Waals surface area contributed by atoms with E-state index in [4.69, 9.17) is 11.6 Å². The van der Waals surface area contributed by atoms with Crippen molar-refractivity contribution in [2.45, 2.75) is 85.5 Å². The van der Waals surface area contributed by atoms with Gasteiger partial charge in [0.25, 0.3) is 5.69 Å². The zero-order valence-electron chi connectivity index (χ0n) is 21.4. The number of nitrogens with zero attached hydrogens (tertiary/aromatic N) is 2. The Hall–Kier alpha value is -2.47. The average molecular weight is 499 g/mol. The molecule has 6 nitrogen and oxygen atoms in total. The Morgan fingerprint density at radius 1 is 0.971 bits per heavy atom. The van der Waals surface area contributed by atoms with Crippen LogP contribution in [0.4, 0.5) is 5.69 Å². The Morgan fingerprint density at radius 2 is 1.51 bits per heavy atom. The SMILES string of the molecule is CCCCCN1C2=C(C(=O)CC(C)(C)C2)C(c2ccc(Cl)c([N+](=O)[O-])c2)C2=C1CC(C)(C)CC2=O. The van der Waals surface area contributed by atoms with Gasteiger partial charge in [0.15, 0.2) is 11.6 Å². The van der Waals surface area contributed by atoms with Gasteiger partial charge in [0, 0.05) is 53.9 Å². The predicted octanol–water partition coefficient (Wildman–Crippen LogP) is 7.12. The highest BCUT2D eigenvalue weighted by Crippen LogP contribution is 2.54. The molecule has 1 aromatic rings. The van der Waals surface area contributed by atoms with Gasteiger partial charge in [-0.25, -0.2) is 0 Å². The van der Waals surface area contributed by atoms with Crippen LogP contribution in [0.15, 0.2) is 40.7 Å². The number of allylic oxidation sites excluding steroid dienone is 4. The molecule has 7 heteroatoms. The molecule has 0 spiro atoms. The molecule has 1 aromatic carbocycles. The Bertz CT molecular complexity index is 1110. The van der Waals surface area contributed by atoms with Crippen molar-refractivity contribution < 1.29 is 14.5 Å². The van der Waals surface area contributed by atoms with Crippen molar-refractivity contribution in [1.82, 2.24) is 4.90 Å². The number of benzene rings is 1. The van der Waals surface area contributed by atoms with Crippen molar-refractivity contribution in [3.8, 4) is 0 Å². The van der Waals surface area contributed by atoms with Crippen molar-refractivity contribution >= 4 is 28.9 Å². The number of unbranched alkanes of at least 4 members (excludes halogenated alkanes) is 2. The summed E-state index contributed by atoms with van der Waals surface area (Å²) in [5.74, 6) is -0.530. The number of hydrogen-bond acceptors (Lipinski definition) is 5. The van der Waals surface area contributed by atoms with E-state index in [2.05, 4.69) is 39.5 Å². The smallest absolute Gasteiger partial charge is 0.288 e. The molecule has 0 atom stereocenters. The average Bonchev–Trinajstić information content (AvgIpc) is 2.72. The Kier molecular flexibility index (Phi) is 6.73. The fourth-order valence-corrected chi connectivity index (χ4v) is 6.21. The lowest BCUT2D eigenvalue weighted by Gasteiger charge is -2.49. The van der Waals surface area contributed by atoms with E-state index < -0.39 is 10.8 Å². The van der Waals surface area contributed by atoms with E-state index in [1.54, 1.807) is 6.07 Å². The Balaban J connectivity index is 1.98. The van der Waals surface area contributed by atoms with E-state index in [0.29, 0.717) is 29.6 Å². The number of Topliss-reactive ketones (excluding diaryl/α,β-unsaturated/α-hetero) is 2. The number of ketones is 2. The topological polar surface area (TPSA) is 80.5 Å². The molecule has 188 valence electrons. The molecule has 1 heterocycles. The minimum Gasteiger partial charge on any atom is -0.348 e. The molecular weight excluding hydrogens is 464 g/mol. The van der Waals surface area contributed by atoms with Crippen molar-refractivity contribution in [1.29, 1.82) is 0 Å². The third kappa shape index (κ3) is 4.82. The van der Waals surface area contributed by atoms with Crippen LogP contribution in [0.3, 0.4) is 0 Å². The van der Waals surface area contributed by atoms with E-state index in [0.717, 1.165) is 50.0 Å². The molecule has 0 fully saturated rings. The monoisotopic (exact) mass is 498 g/mol. The van der Waals surface area contributed by atoms with Crippen LogP contribution in [0.25, 0.3) is 0 Å². The minimum absolute atomic E-state index is 0.0310. The largest absolute Gasteiger partial charge is 0.348 e.